The molecule has 0 aliphatic heterocycles. The van der Waals surface area contributed by atoms with Crippen LogP contribution in [0, 0.1) is 5.82 Å². The highest BCUT2D eigenvalue weighted by molar-refractivity contribution is 7.13. The van der Waals surface area contributed by atoms with E-state index in [1.54, 1.807) is 17.4 Å². The highest BCUT2D eigenvalue weighted by atomic mass is 32.1. The van der Waals surface area contributed by atoms with Gasteiger partial charge in [-0.25, -0.2) is 4.39 Å². The second kappa shape index (κ2) is 4.45. The van der Waals surface area contributed by atoms with E-state index in [4.69, 9.17) is 4.74 Å². The third kappa shape index (κ3) is 2.18. The molecule has 0 N–H and O–H groups in total. The first kappa shape index (κ1) is 10.2. The Morgan fingerprint density at radius 2 is 2.20 bits per heavy atom. The molecule has 0 spiro atoms. The van der Waals surface area contributed by atoms with E-state index in [1.165, 1.54) is 12.1 Å². The number of hydrogen-bond acceptors (Lipinski definition) is 2. The fraction of sp³-hybridized carbons (Fsp3) is 0.167. The van der Waals surface area contributed by atoms with E-state index in [2.05, 4.69) is 0 Å². The van der Waals surface area contributed by atoms with Crippen LogP contribution in [0.1, 0.15) is 6.92 Å². The number of ether oxygens (including phenoxy) is 1. The van der Waals surface area contributed by atoms with Gasteiger partial charge in [-0.3, -0.25) is 0 Å². The van der Waals surface area contributed by atoms with Crippen molar-refractivity contribution in [3.05, 3.63) is 41.5 Å². The lowest BCUT2D eigenvalue weighted by atomic mass is 10.1. The molecule has 3 heteroatoms. The fourth-order valence-corrected chi connectivity index (χ4v) is 2.16. The molecule has 0 amide bonds. The summed E-state index contributed by atoms with van der Waals surface area (Å²) < 4.78 is 18.4. The van der Waals surface area contributed by atoms with Crippen molar-refractivity contribution < 1.29 is 9.13 Å². The average molecular weight is 222 g/mol. The van der Waals surface area contributed by atoms with Gasteiger partial charge in [0, 0.05) is 16.5 Å². The summed E-state index contributed by atoms with van der Waals surface area (Å²) in [5, 5.41) is 1.99. The molecule has 0 atom stereocenters. The number of halogens is 1. The lowest BCUT2D eigenvalue weighted by molar-refractivity contribution is 0.340. The molecule has 78 valence electrons. The van der Waals surface area contributed by atoms with Crippen molar-refractivity contribution in [1.29, 1.82) is 0 Å². The summed E-state index contributed by atoms with van der Waals surface area (Å²) >= 11 is 1.62. The molecule has 1 aromatic heterocycles. The number of benzene rings is 1. The Bertz CT molecular complexity index is 437. The largest absolute Gasteiger partial charge is 0.493 e. The standard InChI is InChI=1S/C12H11FOS/c1-2-14-11-8-9(13)5-6-10(11)12-4-3-7-15-12/h3-8H,2H2,1H3. The smallest absolute Gasteiger partial charge is 0.130 e. The number of thiophene rings is 1. The Labute approximate surface area is 92.1 Å². The Morgan fingerprint density at radius 1 is 1.33 bits per heavy atom. The monoisotopic (exact) mass is 222 g/mol. The third-order valence-corrected chi connectivity index (χ3v) is 2.93. The van der Waals surface area contributed by atoms with Crippen LogP contribution in [0.3, 0.4) is 0 Å². The summed E-state index contributed by atoms with van der Waals surface area (Å²) in [6, 6.07) is 8.61. The summed E-state index contributed by atoms with van der Waals surface area (Å²) in [4.78, 5) is 1.10. The van der Waals surface area contributed by atoms with E-state index < -0.39 is 0 Å². The minimum Gasteiger partial charge on any atom is -0.493 e. The molecule has 0 bridgehead atoms. The van der Waals surface area contributed by atoms with Crippen LogP contribution in [0.15, 0.2) is 35.7 Å². The van der Waals surface area contributed by atoms with Gasteiger partial charge in [-0.2, -0.15) is 0 Å². The average Bonchev–Trinajstić information content (AvgIpc) is 2.71. The van der Waals surface area contributed by atoms with Crippen LogP contribution in [0.25, 0.3) is 10.4 Å². The predicted octanol–water partition coefficient (Wildman–Crippen LogP) is 3.95. The van der Waals surface area contributed by atoms with Gasteiger partial charge in [0.2, 0.25) is 0 Å². The van der Waals surface area contributed by atoms with Crippen LogP contribution in [-0.2, 0) is 0 Å². The molecule has 0 aliphatic carbocycles. The van der Waals surface area contributed by atoms with E-state index in [-0.39, 0.29) is 5.82 Å². The SMILES string of the molecule is CCOc1cc(F)ccc1-c1cccs1. The van der Waals surface area contributed by atoms with E-state index in [0.29, 0.717) is 12.4 Å². The normalized spacial score (nSPS) is 10.3. The van der Waals surface area contributed by atoms with Gasteiger partial charge in [0.1, 0.15) is 11.6 Å². The molecular weight excluding hydrogens is 211 g/mol. The van der Waals surface area contributed by atoms with Gasteiger partial charge in [0.05, 0.1) is 6.61 Å². The highest BCUT2D eigenvalue weighted by Crippen LogP contribution is 2.33. The van der Waals surface area contributed by atoms with Gasteiger partial charge in [-0.05, 0) is 30.5 Å². The maximum absolute atomic E-state index is 13.0. The first-order chi connectivity index (χ1) is 7.31. The fourth-order valence-electron chi connectivity index (χ4n) is 1.41. The molecule has 1 heterocycles. The van der Waals surface area contributed by atoms with Crippen LogP contribution < -0.4 is 4.74 Å². The van der Waals surface area contributed by atoms with Crippen molar-refractivity contribution in [1.82, 2.24) is 0 Å². The zero-order valence-corrected chi connectivity index (χ0v) is 9.18. The number of rotatable bonds is 3. The minimum atomic E-state index is -0.265. The molecule has 0 saturated carbocycles. The molecule has 0 saturated heterocycles. The van der Waals surface area contributed by atoms with Crippen molar-refractivity contribution >= 4 is 11.3 Å². The quantitative estimate of drug-likeness (QED) is 0.764. The van der Waals surface area contributed by atoms with Crippen LogP contribution >= 0.6 is 11.3 Å². The third-order valence-electron chi connectivity index (χ3n) is 2.03. The van der Waals surface area contributed by atoms with Crippen LogP contribution in [0.2, 0.25) is 0 Å². The Kier molecular flexibility index (Phi) is 3.02. The summed E-state index contributed by atoms with van der Waals surface area (Å²) in [6.45, 7) is 2.44. The second-order valence-corrected chi connectivity index (χ2v) is 4.00. The molecule has 0 fully saturated rings. The van der Waals surface area contributed by atoms with E-state index in [1.807, 2.05) is 24.4 Å². The maximum atomic E-state index is 13.0. The number of hydrogen-bond donors (Lipinski definition) is 0. The van der Waals surface area contributed by atoms with Gasteiger partial charge in [-0.15, -0.1) is 11.3 Å². The summed E-state index contributed by atoms with van der Waals surface area (Å²) in [6.07, 6.45) is 0. The maximum Gasteiger partial charge on any atom is 0.130 e. The summed E-state index contributed by atoms with van der Waals surface area (Å²) in [5.41, 5.74) is 0.952. The first-order valence-electron chi connectivity index (χ1n) is 4.77. The molecule has 0 unspecified atom stereocenters. The minimum absolute atomic E-state index is 0.265. The Hall–Kier alpha value is -1.35. The Morgan fingerprint density at radius 3 is 2.87 bits per heavy atom. The summed E-state index contributed by atoms with van der Waals surface area (Å²) in [5.74, 6) is 0.346. The molecule has 1 nitrogen and oxygen atoms in total. The van der Waals surface area contributed by atoms with Crippen molar-refractivity contribution in [3.63, 3.8) is 0 Å². The predicted molar refractivity (Wildman–Crippen MR) is 60.9 cm³/mol. The summed E-state index contributed by atoms with van der Waals surface area (Å²) in [7, 11) is 0. The van der Waals surface area contributed by atoms with Crippen LogP contribution in [0.5, 0.6) is 5.75 Å². The van der Waals surface area contributed by atoms with Gasteiger partial charge < -0.3 is 4.74 Å². The molecule has 0 radical (unpaired) electrons. The highest BCUT2D eigenvalue weighted by Gasteiger charge is 2.07. The van der Waals surface area contributed by atoms with Crippen molar-refractivity contribution in [2.24, 2.45) is 0 Å². The second-order valence-electron chi connectivity index (χ2n) is 3.05. The van der Waals surface area contributed by atoms with Crippen LogP contribution in [-0.4, -0.2) is 6.61 Å². The van der Waals surface area contributed by atoms with Gasteiger partial charge in [0.15, 0.2) is 0 Å². The van der Waals surface area contributed by atoms with Gasteiger partial charge in [0.25, 0.3) is 0 Å². The van der Waals surface area contributed by atoms with E-state index in [0.717, 1.165) is 10.4 Å². The molecule has 2 aromatic rings. The topological polar surface area (TPSA) is 9.23 Å². The first-order valence-corrected chi connectivity index (χ1v) is 5.65. The molecule has 1 aromatic carbocycles. The van der Waals surface area contributed by atoms with E-state index >= 15 is 0 Å². The van der Waals surface area contributed by atoms with Crippen molar-refractivity contribution in [2.45, 2.75) is 6.92 Å². The zero-order valence-electron chi connectivity index (χ0n) is 8.37. The van der Waals surface area contributed by atoms with Crippen LogP contribution in [0.4, 0.5) is 4.39 Å². The molecule has 0 aliphatic rings. The van der Waals surface area contributed by atoms with Crippen molar-refractivity contribution in [3.8, 4) is 16.2 Å². The lowest BCUT2D eigenvalue weighted by Gasteiger charge is -2.08. The molecule has 2 rings (SSSR count). The Balaban J connectivity index is 2.46. The molecule has 15 heavy (non-hydrogen) atoms. The van der Waals surface area contributed by atoms with E-state index in [9.17, 15) is 4.39 Å². The zero-order chi connectivity index (χ0) is 10.7. The van der Waals surface area contributed by atoms with Crippen molar-refractivity contribution in [2.75, 3.05) is 6.61 Å². The van der Waals surface area contributed by atoms with Gasteiger partial charge in [-0.1, -0.05) is 6.07 Å². The molecular formula is C12H11FOS. The van der Waals surface area contributed by atoms with Gasteiger partial charge >= 0.3 is 0 Å². The lowest BCUT2D eigenvalue weighted by Crippen LogP contribution is -1.94.